The molecule has 0 bridgehead atoms. The smallest absolute Gasteiger partial charge is 0.320 e. The second-order valence-corrected chi connectivity index (χ2v) is 5.18. The number of nitrogens with one attached hydrogen (secondary N) is 1. The third kappa shape index (κ3) is 4.33. The summed E-state index contributed by atoms with van der Waals surface area (Å²) in [6.07, 6.45) is -3.10. The highest BCUT2D eigenvalue weighted by Gasteiger charge is 2.50. The van der Waals surface area contributed by atoms with E-state index in [0.29, 0.717) is 19.4 Å². The van der Waals surface area contributed by atoms with Crippen LogP contribution in [-0.4, -0.2) is 81.3 Å². The lowest BCUT2D eigenvalue weighted by Gasteiger charge is -2.45. The monoisotopic (exact) mass is 308 g/mol. The second-order valence-electron chi connectivity index (χ2n) is 5.18. The van der Waals surface area contributed by atoms with Crippen LogP contribution in [0.15, 0.2) is 0 Å². The standard InChI is InChI=1S/C12H24N2O7/c13-4-2-1-3-7(11(19)20)14-12(6-15)10(18)9(17)8(16)5-21-12/h7-10,14-18H,1-6,13H2,(H,19,20)/t7-,8+,9-,10-,12?/m0/s1. The maximum atomic E-state index is 11.3. The van der Waals surface area contributed by atoms with Gasteiger partial charge >= 0.3 is 5.97 Å². The van der Waals surface area contributed by atoms with E-state index in [1.807, 2.05) is 0 Å². The Morgan fingerprint density at radius 2 is 2.05 bits per heavy atom. The summed E-state index contributed by atoms with van der Waals surface area (Å²) >= 11 is 0. The minimum absolute atomic E-state index is 0.225. The summed E-state index contributed by atoms with van der Waals surface area (Å²) in [6, 6.07) is -1.08. The third-order valence-electron chi connectivity index (χ3n) is 3.61. The van der Waals surface area contributed by atoms with Gasteiger partial charge in [0.25, 0.3) is 0 Å². The van der Waals surface area contributed by atoms with Crippen LogP contribution in [0.1, 0.15) is 19.3 Å². The number of nitrogens with two attached hydrogens (primary N) is 1. The summed E-state index contributed by atoms with van der Waals surface area (Å²) in [5, 5.41) is 50.3. The van der Waals surface area contributed by atoms with Crippen molar-refractivity contribution in [3.05, 3.63) is 0 Å². The number of carboxylic acids is 1. The van der Waals surface area contributed by atoms with E-state index in [2.05, 4.69) is 5.32 Å². The quantitative estimate of drug-likeness (QED) is 0.231. The number of aliphatic hydroxyl groups is 4. The molecule has 0 amide bonds. The first-order chi connectivity index (χ1) is 9.88. The van der Waals surface area contributed by atoms with Crippen molar-refractivity contribution in [2.75, 3.05) is 19.8 Å². The number of aliphatic hydroxyl groups excluding tert-OH is 4. The van der Waals surface area contributed by atoms with Crippen molar-refractivity contribution in [1.29, 1.82) is 0 Å². The molecule has 8 N–H and O–H groups in total. The summed E-state index contributed by atoms with van der Waals surface area (Å²) in [5.74, 6) is -1.17. The predicted octanol–water partition coefficient (Wildman–Crippen LogP) is -3.04. The van der Waals surface area contributed by atoms with Crippen LogP contribution in [0.25, 0.3) is 0 Å². The van der Waals surface area contributed by atoms with Crippen LogP contribution in [-0.2, 0) is 9.53 Å². The Labute approximate surface area is 122 Å². The largest absolute Gasteiger partial charge is 0.480 e. The van der Waals surface area contributed by atoms with Gasteiger partial charge in [0.05, 0.1) is 13.2 Å². The van der Waals surface area contributed by atoms with E-state index in [1.165, 1.54) is 0 Å². The number of carboxylic acid groups (broad SMARTS) is 1. The molecule has 1 saturated heterocycles. The van der Waals surface area contributed by atoms with Crippen LogP contribution >= 0.6 is 0 Å². The van der Waals surface area contributed by atoms with E-state index < -0.39 is 42.7 Å². The molecule has 0 saturated carbocycles. The van der Waals surface area contributed by atoms with Crippen molar-refractivity contribution in [3.8, 4) is 0 Å². The lowest BCUT2D eigenvalue weighted by atomic mass is 9.93. The number of unbranched alkanes of at least 4 members (excludes halogenated alkanes) is 1. The van der Waals surface area contributed by atoms with Crippen LogP contribution in [0.4, 0.5) is 0 Å². The average molecular weight is 308 g/mol. The molecule has 1 unspecified atom stereocenters. The summed E-state index contributed by atoms with van der Waals surface area (Å²) < 4.78 is 5.19. The summed E-state index contributed by atoms with van der Waals surface area (Å²) in [7, 11) is 0. The molecule has 1 aliphatic rings. The van der Waals surface area contributed by atoms with Crippen LogP contribution in [0, 0.1) is 0 Å². The van der Waals surface area contributed by atoms with Gasteiger partial charge < -0.3 is 36.0 Å². The normalized spacial score (nSPS) is 34.6. The molecule has 0 spiro atoms. The molecule has 1 heterocycles. The first-order valence-corrected chi connectivity index (χ1v) is 6.87. The maximum absolute atomic E-state index is 11.3. The molecule has 21 heavy (non-hydrogen) atoms. The van der Waals surface area contributed by atoms with Gasteiger partial charge in [-0.3, -0.25) is 10.1 Å². The van der Waals surface area contributed by atoms with Gasteiger partial charge in [-0.05, 0) is 19.4 Å². The highest BCUT2D eigenvalue weighted by molar-refractivity contribution is 5.73. The Morgan fingerprint density at radius 3 is 2.57 bits per heavy atom. The van der Waals surface area contributed by atoms with Crippen molar-refractivity contribution >= 4 is 5.97 Å². The average Bonchev–Trinajstić information content (AvgIpc) is 2.46. The summed E-state index contributed by atoms with van der Waals surface area (Å²) in [4.78, 5) is 11.3. The van der Waals surface area contributed by atoms with Crippen molar-refractivity contribution in [2.45, 2.75) is 49.3 Å². The van der Waals surface area contributed by atoms with Crippen molar-refractivity contribution in [2.24, 2.45) is 5.73 Å². The second kappa shape index (κ2) is 7.99. The Kier molecular flexibility index (Phi) is 6.94. The lowest BCUT2D eigenvalue weighted by molar-refractivity contribution is -0.261. The molecule has 1 rings (SSSR count). The molecule has 1 aliphatic heterocycles. The molecule has 0 aromatic heterocycles. The Bertz CT molecular complexity index is 344. The lowest BCUT2D eigenvalue weighted by Crippen LogP contribution is -2.71. The summed E-state index contributed by atoms with van der Waals surface area (Å²) in [5.41, 5.74) is 3.52. The maximum Gasteiger partial charge on any atom is 0.320 e. The van der Waals surface area contributed by atoms with E-state index in [9.17, 15) is 30.3 Å². The van der Waals surface area contributed by atoms with E-state index >= 15 is 0 Å². The number of hydrogen-bond donors (Lipinski definition) is 7. The van der Waals surface area contributed by atoms with Crippen LogP contribution in [0.3, 0.4) is 0 Å². The van der Waals surface area contributed by atoms with Gasteiger partial charge in [0, 0.05) is 0 Å². The number of hydrogen-bond acceptors (Lipinski definition) is 8. The molecule has 0 aromatic rings. The van der Waals surface area contributed by atoms with Crippen molar-refractivity contribution in [1.82, 2.24) is 5.32 Å². The summed E-state index contributed by atoms with van der Waals surface area (Å²) in [6.45, 7) is -0.652. The fourth-order valence-corrected chi connectivity index (χ4v) is 2.26. The molecule has 124 valence electrons. The highest BCUT2D eigenvalue weighted by Crippen LogP contribution is 2.25. The van der Waals surface area contributed by atoms with Gasteiger partial charge in [0.2, 0.25) is 0 Å². The topological polar surface area (TPSA) is 166 Å². The number of aliphatic carboxylic acids is 1. The Balaban J connectivity index is 2.79. The molecular formula is C12H24N2O7. The van der Waals surface area contributed by atoms with Crippen LogP contribution < -0.4 is 11.1 Å². The Hall–Kier alpha value is -0.810. The van der Waals surface area contributed by atoms with Gasteiger partial charge in [-0.2, -0.15) is 0 Å². The zero-order chi connectivity index (χ0) is 16.0. The molecular weight excluding hydrogens is 284 g/mol. The molecule has 0 aromatic carbocycles. The molecule has 0 aliphatic carbocycles. The van der Waals surface area contributed by atoms with Crippen LogP contribution in [0.5, 0.6) is 0 Å². The zero-order valence-electron chi connectivity index (χ0n) is 11.7. The minimum Gasteiger partial charge on any atom is -0.480 e. The Morgan fingerprint density at radius 1 is 1.38 bits per heavy atom. The first kappa shape index (κ1) is 18.2. The van der Waals surface area contributed by atoms with E-state index in [0.717, 1.165) is 0 Å². The molecule has 9 nitrogen and oxygen atoms in total. The van der Waals surface area contributed by atoms with Crippen molar-refractivity contribution in [3.63, 3.8) is 0 Å². The zero-order valence-corrected chi connectivity index (χ0v) is 11.7. The molecule has 5 atom stereocenters. The van der Waals surface area contributed by atoms with Gasteiger partial charge in [-0.25, -0.2) is 0 Å². The third-order valence-corrected chi connectivity index (χ3v) is 3.61. The van der Waals surface area contributed by atoms with Gasteiger partial charge in [-0.1, -0.05) is 6.42 Å². The van der Waals surface area contributed by atoms with Gasteiger partial charge in [0.15, 0.2) is 5.72 Å². The molecule has 0 radical (unpaired) electrons. The number of carbonyl (C=O) groups is 1. The predicted molar refractivity (Wildman–Crippen MR) is 71.3 cm³/mol. The molecule has 1 fully saturated rings. The first-order valence-electron chi connectivity index (χ1n) is 6.87. The van der Waals surface area contributed by atoms with E-state index in [4.69, 9.17) is 10.5 Å². The van der Waals surface area contributed by atoms with E-state index in [-0.39, 0.29) is 13.0 Å². The van der Waals surface area contributed by atoms with Gasteiger partial charge in [-0.15, -0.1) is 0 Å². The fourth-order valence-electron chi connectivity index (χ4n) is 2.26. The van der Waals surface area contributed by atoms with Crippen molar-refractivity contribution < 1.29 is 35.1 Å². The highest BCUT2D eigenvalue weighted by atomic mass is 16.6. The van der Waals surface area contributed by atoms with Crippen LogP contribution in [0.2, 0.25) is 0 Å². The number of ether oxygens (including phenoxy) is 1. The molecule has 9 heteroatoms. The SMILES string of the molecule is NCCCC[C@H](NC1(CO)OC[C@@H](O)[C@H](O)[C@@H]1O)C(=O)O. The fraction of sp³-hybridized carbons (Fsp3) is 0.917. The van der Waals surface area contributed by atoms with Gasteiger partial charge in [0.1, 0.15) is 24.4 Å². The number of rotatable bonds is 8. The van der Waals surface area contributed by atoms with E-state index in [1.54, 1.807) is 0 Å². The minimum atomic E-state index is -1.83.